The van der Waals surface area contributed by atoms with Gasteiger partial charge in [-0.05, 0) is 66.3 Å². The van der Waals surface area contributed by atoms with Crippen molar-refractivity contribution in [1.82, 2.24) is 4.90 Å². The van der Waals surface area contributed by atoms with Crippen molar-refractivity contribution in [3.8, 4) is 5.75 Å². The Morgan fingerprint density at radius 2 is 1.92 bits per heavy atom. The van der Waals surface area contributed by atoms with Gasteiger partial charge in [0.2, 0.25) is 0 Å². The van der Waals surface area contributed by atoms with E-state index in [2.05, 4.69) is 5.32 Å². The minimum atomic E-state index is -0.269. The number of hydrogen-bond donors (Lipinski definition) is 1. The Kier molecular flexibility index (Phi) is 5.86. The van der Waals surface area contributed by atoms with Gasteiger partial charge in [-0.25, -0.2) is 4.39 Å². The number of furan rings is 1. The second-order valence-electron chi connectivity index (χ2n) is 5.72. The third-order valence-electron chi connectivity index (χ3n) is 3.82. The molecule has 0 aliphatic rings. The molecular weight excluding hydrogens is 351 g/mol. The summed E-state index contributed by atoms with van der Waals surface area (Å²) < 4.78 is 24.1. The molecule has 0 saturated carbocycles. The van der Waals surface area contributed by atoms with E-state index in [0.717, 1.165) is 22.8 Å². The number of benzene rings is 2. The molecule has 2 aromatic carbocycles. The van der Waals surface area contributed by atoms with E-state index in [9.17, 15) is 4.39 Å². The van der Waals surface area contributed by atoms with E-state index in [1.54, 1.807) is 19.4 Å². The number of thiocarbonyl (C=S) groups is 1. The lowest BCUT2D eigenvalue weighted by molar-refractivity contribution is 0.360. The van der Waals surface area contributed by atoms with Gasteiger partial charge in [-0.2, -0.15) is 0 Å². The molecule has 0 spiro atoms. The Labute approximate surface area is 157 Å². The maximum atomic E-state index is 13.5. The van der Waals surface area contributed by atoms with E-state index in [1.807, 2.05) is 47.4 Å². The normalized spacial score (nSPS) is 10.4. The number of nitrogens with zero attached hydrogens (tertiary/aromatic N) is 1. The van der Waals surface area contributed by atoms with Crippen LogP contribution in [0.4, 0.5) is 10.1 Å². The van der Waals surface area contributed by atoms with Crippen molar-refractivity contribution in [3.63, 3.8) is 0 Å². The first kappa shape index (κ1) is 17.9. The first-order valence-corrected chi connectivity index (χ1v) is 8.51. The van der Waals surface area contributed by atoms with Crippen LogP contribution in [0.5, 0.6) is 5.75 Å². The van der Waals surface area contributed by atoms with Gasteiger partial charge in [-0.1, -0.05) is 12.1 Å². The Bertz CT molecular complexity index is 851. The molecule has 4 nitrogen and oxygen atoms in total. The van der Waals surface area contributed by atoms with Crippen molar-refractivity contribution in [2.45, 2.75) is 13.1 Å². The van der Waals surface area contributed by atoms with Gasteiger partial charge in [-0.15, -0.1) is 0 Å². The first-order chi connectivity index (χ1) is 12.6. The zero-order chi connectivity index (χ0) is 18.4. The van der Waals surface area contributed by atoms with Crippen LogP contribution in [-0.4, -0.2) is 17.1 Å². The van der Waals surface area contributed by atoms with Gasteiger partial charge < -0.3 is 19.4 Å². The van der Waals surface area contributed by atoms with Crippen LogP contribution in [0.25, 0.3) is 0 Å². The molecule has 1 heterocycles. The van der Waals surface area contributed by atoms with Crippen molar-refractivity contribution in [2.75, 3.05) is 12.4 Å². The lowest BCUT2D eigenvalue weighted by Gasteiger charge is -2.25. The van der Waals surface area contributed by atoms with E-state index >= 15 is 0 Å². The average molecular weight is 370 g/mol. The van der Waals surface area contributed by atoms with E-state index in [0.29, 0.717) is 18.2 Å². The molecule has 0 atom stereocenters. The van der Waals surface area contributed by atoms with Crippen LogP contribution in [0.1, 0.15) is 11.3 Å². The molecule has 1 aromatic heterocycles. The predicted octanol–water partition coefficient (Wildman–Crippen LogP) is 4.83. The van der Waals surface area contributed by atoms with Gasteiger partial charge in [0, 0.05) is 12.2 Å². The highest BCUT2D eigenvalue weighted by Crippen LogP contribution is 2.18. The second-order valence-corrected chi connectivity index (χ2v) is 6.11. The summed E-state index contributed by atoms with van der Waals surface area (Å²) in [5.74, 6) is 1.28. The summed E-state index contributed by atoms with van der Waals surface area (Å²) in [4.78, 5) is 1.92. The fraction of sp³-hybridized carbons (Fsp3) is 0.150. The minimum absolute atomic E-state index is 0.269. The molecule has 0 aliphatic heterocycles. The van der Waals surface area contributed by atoms with Gasteiger partial charge in [-0.3, -0.25) is 0 Å². The maximum Gasteiger partial charge on any atom is 0.174 e. The van der Waals surface area contributed by atoms with E-state index in [1.165, 1.54) is 12.1 Å². The van der Waals surface area contributed by atoms with Gasteiger partial charge in [0.15, 0.2) is 5.11 Å². The molecule has 0 saturated heterocycles. The Morgan fingerprint density at radius 3 is 2.58 bits per heavy atom. The lowest BCUT2D eigenvalue weighted by atomic mass is 10.2. The lowest BCUT2D eigenvalue weighted by Crippen LogP contribution is -2.33. The summed E-state index contributed by atoms with van der Waals surface area (Å²) in [5, 5.41) is 3.73. The van der Waals surface area contributed by atoms with Crippen LogP contribution in [-0.2, 0) is 13.1 Å². The molecule has 3 aromatic rings. The highest BCUT2D eigenvalue weighted by atomic mass is 32.1. The van der Waals surface area contributed by atoms with E-state index in [-0.39, 0.29) is 5.82 Å². The van der Waals surface area contributed by atoms with Gasteiger partial charge >= 0.3 is 0 Å². The average Bonchev–Trinajstić information content (AvgIpc) is 3.15. The fourth-order valence-corrected chi connectivity index (χ4v) is 2.77. The molecule has 0 radical (unpaired) electrons. The van der Waals surface area contributed by atoms with Crippen molar-refractivity contribution in [1.29, 1.82) is 0 Å². The Hall–Kier alpha value is -2.86. The van der Waals surface area contributed by atoms with Crippen molar-refractivity contribution >= 4 is 23.0 Å². The van der Waals surface area contributed by atoms with Gasteiger partial charge in [0.1, 0.15) is 17.3 Å². The largest absolute Gasteiger partial charge is 0.497 e. The molecule has 6 heteroatoms. The Balaban J connectivity index is 1.75. The predicted molar refractivity (Wildman–Crippen MR) is 104 cm³/mol. The summed E-state index contributed by atoms with van der Waals surface area (Å²) in [6.07, 6.45) is 1.62. The maximum absolute atomic E-state index is 13.5. The summed E-state index contributed by atoms with van der Waals surface area (Å²) in [7, 11) is 1.62. The minimum Gasteiger partial charge on any atom is -0.497 e. The van der Waals surface area contributed by atoms with Crippen LogP contribution in [0, 0.1) is 5.82 Å². The topological polar surface area (TPSA) is 37.6 Å². The summed E-state index contributed by atoms with van der Waals surface area (Å²) in [5.41, 5.74) is 1.68. The third-order valence-corrected chi connectivity index (χ3v) is 4.18. The third kappa shape index (κ3) is 4.83. The van der Waals surface area contributed by atoms with Crippen LogP contribution in [0.15, 0.2) is 71.3 Å². The van der Waals surface area contributed by atoms with Gasteiger partial charge in [0.05, 0.1) is 19.9 Å². The quantitative estimate of drug-likeness (QED) is 0.629. The molecule has 0 fully saturated rings. The smallest absolute Gasteiger partial charge is 0.174 e. The van der Waals surface area contributed by atoms with Crippen LogP contribution >= 0.6 is 12.2 Å². The SMILES string of the molecule is COc1ccc(NC(=S)N(Cc2cccc(F)c2)Cc2ccco2)cc1. The zero-order valence-electron chi connectivity index (χ0n) is 14.3. The highest BCUT2D eigenvalue weighted by Gasteiger charge is 2.13. The molecule has 0 amide bonds. The van der Waals surface area contributed by atoms with Crippen LogP contribution in [0.3, 0.4) is 0 Å². The summed E-state index contributed by atoms with van der Waals surface area (Å²) in [6.45, 7) is 0.936. The first-order valence-electron chi connectivity index (χ1n) is 8.11. The number of methoxy groups -OCH3 is 1. The highest BCUT2D eigenvalue weighted by molar-refractivity contribution is 7.80. The zero-order valence-corrected chi connectivity index (χ0v) is 15.1. The number of ether oxygens (including phenoxy) is 1. The number of halogens is 1. The van der Waals surface area contributed by atoms with Crippen LogP contribution in [0.2, 0.25) is 0 Å². The molecule has 0 unspecified atom stereocenters. The summed E-state index contributed by atoms with van der Waals surface area (Å²) in [6, 6.07) is 17.7. The molecule has 0 aliphatic carbocycles. The number of anilines is 1. The summed E-state index contributed by atoms with van der Waals surface area (Å²) >= 11 is 5.57. The molecule has 3 rings (SSSR count). The van der Waals surface area contributed by atoms with Crippen molar-refractivity contribution < 1.29 is 13.5 Å². The Morgan fingerprint density at radius 1 is 1.12 bits per heavy atom. The fourth-order valence-electron chi connectivity index (χ4n) is 2.52. The van der Waals surface area contributed by atoms with E-state index in [4.69, 9.17) is 21.4 Å². The molecular formula is C20H19FN2O2S. The second kappa shape index (κ2) is 8.49. The van der Waals surface area contributed by atoms with Crippen molar-refractivity contribution in [2.24, 2.45) is 0 Å². The monoisotopic (exact) mass is 370 g/mol. The molecule has 134 valence electrons. The van der Waals surface area contributed by atoms with Crippen molar-refractivity contribution in [3.05, 3.63) is 84.1 Å². The number of hydrogen-bond acceptors (Lipinski definition) is 3. The molecule has 0 bridgehead atoms. The molecule has 26 heavy (non-hydrogen) atoms. The van der Waals surface area contributed by atoms with Crippen LogP contribution < -0.4 is 10.1 Å². The number of nitrogens with one attached hydrogen (secondary N) is 1. The number of rotatable bonds is 6. The van der Waals surface area contributed by atoms with E-state index < -0.39 is 0 Å². The standard InChI is InChI=1S/C20H19FN2O2S/c1-24-18-9-7-17(8-10-18)22-20(26)23(14-19-6-3-11-25-19)13-15-4-2-5-16(21)12-15/h2-12H,13-14H2,1H3,(H,22,26). The molecule has 1 N–H and O–H groups in total. The van der Waals surface area contributed by atoms with Gasteiger partial charge in [0.25, 0.3) is 0 Å².